The van der Waals surface area contributed by atoms with Crippen molar-refractivity contribution in [1.82, 2.24) is 14.8 Å². The normalized spacial score (nSPS) is 21.0. The summed E-state index contributed by atoms with van der Waals surface area (Å²) in [5.74, 6) is 2.42. The van der Waals surface area contributed by atoms with Crippen LogP contribution in [-0.2, 0) is 6.54 Å². The monoisotopic (exact) mass is 381 g/mol. The summed E-state index contributed by atoms with van der Waals surface area (Å²) < 4.78 is 0. The lowest BCUT2D eigenvalue weighted by atomic mass is 9.74. The van der Waals surface area contributed by atoms with Crippen LogP contribution in [0.3, 0.4) is 0 Å². The maximum absolute atomic E-state index is 4.23. The molecule has 2 atom stereocenters. The Bertz CT molecular complexity index is 668. The molecule has 3 rings (SSSR count). The van der Waals surface area contributed by atoms with E-state index in [1.807, 2.05) is 12.4 Å². The molecule has 1 aromatic rings. The third-order valence-corrected chi connectivity index (χ3v) is 6.87. The fourth-order valence-corrected chi connectivity index (χ4v) is 4.99. The molecule has 1 saturated heterocycles. The van der Waals surface area contributed by atoms with Crippen molar-refractivity contribution in [3.8, 4) is 0 Å². The van der Waals surface area contributed by atoms with E-state index in [1.165, 1.54) is 62.9 Å². The number of pyridine rings is 1. The number of piperidine rings is 1. The molecule has 3 heteroatoms. The van der Waals surface area contributed by atoms with Crippen molar-refractivity contribution < 1.29 is 0 Å². The zero-order valence-corrected chi connectivity index (χ0v) is 18.4. The molecule has 1 aliphatic heterocycles. The van der Waals surface area contributed by atoms with Crippen LogP contribution >= 0.6 is 0 Å². The van der Waals surface area contributed by atoms with Gasteiger partial charge in [-0.1, -0.05) is 30.7 Å². The average molecular weight is 382 g/mol. The van der Waals surface area contributed by atoms with Crippen LogP contribution in [0.15, 0.2) is 42.3 Å². The Morgan fingerprint density at radius 3 is 2.68 bits per heavy atom. The third kappa shape index (κ3) is 6.02. The zero-order chi connectivity index (χ0) is 19.9. The van der Waals surface area contributed by atoms with Crippen LogP contribution in [-0.4, -0.2) is 48.5 Å². The van der Waals surface area contributed by atoms with Crippen molar-refractivity contribution in [2.45, 2.75) is 52.5 Å². The summed E-state index contributed by atoms with van der Waals surface area (Å²) >= 11 is 0. The van der Waals surface area contributed by atoms with E-state index in [1.54, 1.807) is 5.57 Å². The fourth-order valence-electron chi connectivity index (χ4n) is 4.99. The number of hydrogen-bond donors (Lipinski definition) is 0. The SMILES string of the molecule is Cc1cnccc1CN1CCC(C(C)C(CC2=CC=CCC2)CN(C)C)CC1. The van der Waals surface area contributed by atoms with Gasteiger partial charge in [0, 0.05) is 25.5 Å². The van der Waals surface area contributed by atoms with Crippen LogP contribution in [0.25, 0.3) is 0 Å². The van der Waals surface area contributed by atoms with Gasteiger partial charge >= 0.3 is 0 Å². The van der Waals surface area contributed by atoms with Gasteiger partial charge in [-0.05, 0) is 101 Å². The molecule has 0 bridgehead atoms. The van der Waals surface area contributed by atoms with Gasteiger partial charge in [0.15, 0.2) is 0 Å². The Kier molecular flexibility index (Phi) is 7.87. The van der Waals surface area contributed by atoms with Crippen molar-refractivity contribution in [3.05, 3.63) is 53.4 Å². The van der Waals surface area contributed by atoms with E-state index >= 15 is 0 Å². The van der Waals surface area contributed by atoms with Crippen molar-refractivity contribution >= 4 is 0 Å². The third-order valence-electron chi connectivity index (χ3n) is 6.87. The van der Waals surface area contributed by atoms with E-state index < -0.39 is 0 Å². The number of nitrogens with zero attached hydrogens (tertiary/aromatic N) is 3. The zero-order valence-electron chi connectivity index (χ0n) is 18.4. The van der Waals surface area contributed by atoms with Gasteiger partial charge in [-0.25, -0.2) is 0 Å². The second-order valence-corrected chi connectivity index (χ2v) is 9.29. The molecule has 2 heterocycles. The molecule has 0 N–H and O–H groups in total. The highest BCUT2D eigenvalue weighted by Gasteiger charge is 2.30. The Balaban J connectivity index is 1.55. The minimum Gasteiger partial charge on any atom is -0.309 e. The minimum atomic E-state index is 0.770. The predicted octanol–water partition coefficient (Wildman–Crippen LogP) is 5.08. The second kappa shape index (κ2) is 10.4. The fraction of sp³-hybridized carbons (Fsp3) is 0.640. The van der Waals surface area contributed by atoms with Gasteiger partial charge in [-0.3, -0.25) is 9.88 Å². The highest BCUT2D eigenvalue weighted by atomic mass is 15.1. The Labute approximate surface area is 172 Å². The first kappa shape index (κ1) is 21.3. The first-order valence-corrected chi connectivity index (χ1v) is 11.1. The van der Waals surface area contributed by atoms with Crippen LogP contribution < -0.4 is 0 Å². The lowest BCUT2D eigenvalue weighted by Gasteiger charge is -2.39. The van der Waals surface area contributed by atoms with Crippen LogP contribution in [0.4, 0.5) is 0 Å². The molecule has 1 aromatic heterocycles. The Morgan fingerprint density at radius 2 is 2.04 bits per heavy atom. The van der Waals surface area contributed by atoms with Crippen LogP contribution in [0.2, 0.25) is 0 Å². The maximum Gasteiger partial charge on any atom is 0.0300 e. The molecule has 3 nitrogen and oxygen atoms in total. The second-order valence-electron chi connectivity index (χ2n) is 9.29. The number of likely N-dealkylation sites (tertiary alicyclic amines) is 1. The summed E-state index contributed by atoms with van der Waals surface area (Å²) in [5, 5.41) is 0. The molecular weight excluding hydrogens is 342 g/mol. The van der Waals surface area contributed by atoms with Crippen LogP contribution in [0, 0.1) is 24.7 Å². The molecule has 0 amide bonds. The summed E-state index contributed by atoms with van der Waals surface area (Å²) in [4.78, 5) is 9.26. The molecule has 0 aromatic carbocycles. The number of aromatic nitrogens is 1. The van der Waals surface area contributed by atoms with E-state index in [-0.39, 0.29) is 0 Å². The van der Waals surface area contributed by atoms with Crippen LogP contribution in [0.5, 0.6) is 0 Å². The van der Waals surface area contributed by atoms with Crippen molar-refractivity contribution in [2.24, 2.45) is 17.8 Å². The number of aryl methyl sites for hydroxylation is 1. The molecule has 28 heavy (non-hydrogen) atoms. The molecule has 2 aliphatic rings. The number of rotatable bonds is 8. The number of allylic oxidation sites excluding steroid dienone is 4. The molecule has 0 saturated carbocycles. The minimum absolute atomic E-state index is 0.770. The molecule has 0 spiro atoms. The Hall–Kier alpha value is -1.45. The first-order chi connectivity index (χ1) is 13.5. The smallest absolute Gasteiger partial charge is 0.0300 e. The van der Waals surface area contributed by atoms with Gasteiger partial charge in [0.25, 0.3) is 0 Å². The highest BCUT2D eigenvalue weighted by molar-refractivity contribution is 5.21. The largest absolute Gasteiger partial charge is 0.309 e. The van der Waals surface area contributed by atoms with E-state index in [4.69, 9.17) is 0 Å². The summed E-state index contributed by atoms with van der Waals surface area (Å²) in [6.07, 6.45) is 17.3. The van der Waals surface area contributed by atoms with Gasteiger partial charge in [-0.2, -0.15) is 0 Å². The Morgan fingerprint density at radius 1 is 1.25 bits per heavy atom. The van der Waals surface area contributed by atoms with E-state index in [0.29, 0.717) is 0 Å². The van der Waals surface area contributed by atoms with Gasteiger partial charge in [0.05, 0.1) is 0 Å². The van der Waals surface area contributed by atoms with Gasteiger partial charge in [0.1, 0.15) is 0 Å². The average Bonchev–Trinajstić information content (AvgIpc) is 2.70. The lowest BCUT2D eigenvalue weighted by Crippen LogP contribution is -2.38. The van der Waals surface area contributed by atoms with Gasteiger partial charge in [-0.15, -0.1) is 0 Å². The van der Waals surface area contributed by atoms with Crippen molar-refractivity contribution in [2.75, 3.05) is 33.7 Å². The molecule has 2 unspecified atom stereocenters. The van der Waals surface area contributed by atoms with E-state index in [2.05, 4.69) is 67.0 Å². The quantitative estimate of drug-likeness (QED) is 0.626. The molecular formula is C25H39N3. The summed E-state index contributed by atoms with van der Waals surface area (Å²) in [5.41, 5.74) is 4.41. The highest BCUT2D eigenvalue weighted by Crippen LogP contribution is 2.35. The molecule has 154 valence electrons. The maximum atomic E-state index is 4.23. The van der Waals surface area contributed by atoms with Gasteiger partial charge < -0.3 is 4.90 Å². The van der Waals surface area contributed by atoms with E-state index in [9.17, 15) is 0 Å². The predicted molar refractivity (Wildman–Crippen MR) is 119 cm³/mol. The standard InChI is InChI=1S/C25H39N3/c1-20-17-26-13-10-24(20)19-28-14-11-23(12-15-28)21(2)25(18-27(3)4)16-22-8-6-5-7-9-22/h5-6,8,10,13,17,21,23,25H,7,9,11-12,14-16,18-19H2,1-4H3. The van der Waals surface area contributed by atoms with Crippen molar-refractivity contribution in [1.29, 1.82) is 0 Å². The first-order valence-electron chi connectivity index (χ1n) is 11.1. The number of hydrogen-bond acceptors (Lipinski definition) is 3. The topological polar surface area (TPSA) is 19.4 Å². The van der Waals surface area contributed by atoms with Crippen LogP contribution in [0.1, 0.15) is 50.2 Å². The van der Waals surface area contributed by atoms with E-state index in [0.717, 1.165) is 24.3 Å². The summed E-state index contributed by atoms with van der Waals surface area (Å²) in [6, 6.07) is 2.18. The molecule has 1 aliphatic carbocycles. The van der Waals surface area contributed by atoms with Gasteiger partial charge in [0.2, 0.25) is 0 Å². The molecule has 1 fully saturated rings. The summed E-state index contributed by atoms with van der Waals surface area (Å²) in [6.45, 7) is 9.46. The molecule has 0 radical (unpaired) electrons. The lowest BCUT2D eigenvalue weighted by molar-refractivity contribution is 0.109. The van der Waals surface area contributed by atoms with Crippen molar-refractivity contribution in [3.63, 3.8) is 0 Å². The summed E-state index contributed by atoms with van der Waals surface area (Å²) in [7, 11) is 4.46.